The van der Waals surface area contributed by atoms with Gasteiger partial charge in [-0.3, -0.25) is 9.30 Å². The quantitative estimate of drug-likeness (QED) is 0.411. The summed E-state index contributed by atoms with van der Waals surface area (Å²) in [5, 5.41) is 3.28. The van der Waals surface area contributed by atoms with Gasteiger partial charge in [0.2, 0.25) is 5.78 Å². The maximum Gasteiger partial charge on any atom is 0.322 e. The molecule has 2 aliphatic heterocycles. The molecule has 2 fully saturated rings. The van der Waals surface area contributed by atoms with Gasteiger partial charge in [0, 0.05) is 60.8 Å². The third kappa shape index (κ3) is 4.18. The fourth-order valence-electron chi connectivity index (χ4n) is 5.36. The Morgan fingerprint density at radius 1 is 1.08 bits per heavy atom. The average Bonchev–Trinajstić information content (AvgIpc) is 3.36. The normalized spacial score (nSPS) is 19.7. The van der Waals surface area contributed by atoms with Gasteiger partial charge in [-0.05, 0) is 43.2 Å². The minimum Gasteiger partial charge on any atom is -0.316 e. The Kier molecular flexibility index (Phi) is 5.81. The molecule has 36 heavy (non-hydrogen) atoms. The lowest BCUT2D eigenvalue weighted by molar-refractivity contribution is 0.0893. The summed E-state index contributed by atoms with van der Waals surface area (Å²) in [4.78, 5) is 26.4. The number of fused-ring (bicyclic) bond motifs is 3. The van der Waals surface area contributed by atoms with Crippen LogP contribution in [0, 0.1) is 11.6 Å². The molecule has 2 aromatic heterocycles. The van der Waals surface area contributed by atoms with Gasteiger partial charge >= 0.3 is 6.03 Å². The van der Waals surface area contributed by atoms with Crippen molar-refractivity contribution in [1.82, 2.24) is 24.2 Å². The van der Waals surface area contributed by atoms with Crippen molar-refractivity contribution in [2.75, 3.05) is 18.4 Å². The van der Waals surface area contributed by atoms with Crippen LogP contribution in [0.2, 0.25) is 5.02 Å². The van der Waals surface area contributed by atoms with Gasteiger partial charge in [0.05, 0.1) is 17.1 Å². The van der Waals surface area contributed by atoms with Gasteiger partial charge in [-0.1, -0.05) is 23.7 Å². The van der Waals surface area contributed by atoms with Crippen molar-refractivity contribution in [2.45, 2.75) is 31.5 Å². The Hall–Kier alpha value is -3.56. The van der Waals surface area contributed by atoms with Crippen LogP contribution >= 0.6 is 11.6 Å². The Morgan fingerprint density at radius 2 is 1.83 bits per heavy atom. The monoisotopic (exact) mass is 508 g/mol. The summed E-state index contributed by atoms with van der Waals surface area (Å²) in [7, 11) is 0. The number of urea groups is 1. The number of carbonyl (C=O) groups is 1. The standard InChI is InChI=1S/C26H23ClF2N6O/c27-17-4-2-16(3-5-17)24-23(34-11-1-10-30-25(34)32-24)15-33-13-19-7-8-20(14-33)35(19)26(36)31-22-9-6-18(28)12-21(22)29/h1-6,9-12,19-20H,7-8,13-15H2,(H,31,36). The molecule has 2 bridgehead atoms. The molecule has 2 unspecified atom stereocenters. The summed E-state index contributed by atoms with van der Waals surface area (Å²) in [6, 6.07) is 12.3. The van der Waals surface area contributed by atoms with Crippen LogP contribution in [0.15, 0.2) is 60.9 Å². The zero-order valence-electron chi connectivity index (χ0n) is 19.2. The van der Waals surface area contributed by atoms with E-state index in [9.17, 15) is 13.6 Å². The van der Waals surface area contributed by atoms with E-state index in [4.69, 9.17) is 16.6 Å². The second-order valence-electron chi connectivity index (χ2n) is 9.24. The molecule has 0 saturated carbocycles. The highest BCUT2D eigenvalue weighted by Gasteiger charge is 2.43. The number of piperazine rings is 1. The zero-order chi connectivity index (χ0) is 24.8. The molecule has 2 atom stereocenters. The molecule has 4 heterocycles. The van der Waals surface area contributed by atoms with Crippen LogP contribution in [0.3, 0.4) is 0 Å². The minimum absolute atomic E-state index is 0.00329. The average molecular weight is 509 g/mol. The molecule has 4 aromatic rings. The maximum atomic E-state index is 14.1. The van der Waals surface area contributed by atoms with Crippen LogP contribution in [0.1, 0.15) is 18.5 Å². The number of nitrogens with zero attached hydrogens (tertiary/aromatic N) is 5. The number of rotatable bonds is 4. The minimum atomic E-state index is -0.787. The number of halogens is 3. The SMILES string of the molecule is O=C(Nc1ccc(F)cc1F)N1C2CCC1CN(Cc1c(-c3ccc(Cl)cc3)nc3ncccn13)C2. The molecule has 2 aromatic carbocycles. The Morgan fingerprint density at radius 3 is 2.56 bits per heavy atom. The van der Waals surface area contributed by atoms with Crippen molar-refractivity contribution in [3.63, 3.8) is 0 Å². The van der Waals surface area contributed by atoms with Crippen molar-refractivity contribution in [2.24, 2.45) is 0 Å². The third-order valence-corrected chi connectivity index (χ3v) is 7.21. The predicted molar refractivity (Wildman–Crippen MR) is 133 cm³/mol. The molecule has 10 heteroatoms. The van der Waals surface area contributed by atoms with Crippen molar-refractivity contribution in [3.05, 3.63) is 83.3 Å². The molecule has 2 saturated heterocycles. The summed E-state index contributed by atoms with van der Waals surface area (Å²) in [5.74, 6) is -0.843. The summed E-state index contributed by atoms with van der Waals surface area (Å²) >= 11 is 6.10. The molecular formula is C26H23ClF2N6O. The van der Waals surface area contributed by atoms with Gasteiger partial charge in [0.15, 0.2) is 0 Å². The second-order valence-corrected chi connectivity index (χ2v) is 9.68. The molecular weight excluding hydrogens is 486 g/mol. The molecule has 0 aliphatic carbocycles. The lowest BCUT2D eigenvalue weighted by Gasteiger charge is -2.41. The molecule has 0 radical (unpaired) electrons. The summed E-state index contributed by atoms with van der Waals surface area (Å²) in [6.07, 6.45) is 5.43. The Bertz CT molecular complexity index is 1430. The number of amides is 2. The third-order valence-electron chi connectivity index (χ3n) is 6.96. The van der Waals surface area contributed by atoms with Crippen LogP contribution in [-0.2, 0) is 6.54 Å². The molecule has 0 spiro atoms. The fourth-order valence-corrected chi connectivity index (χ4v) is 5.48. The number of imidazole rings is 1. The predicted octanol–water partition coefficient (Wildman–Crippen LogP) is 5.21. The largest absolute Gasteiger partial charge is 0.322 e. The van der Waals surface area contributed by atoms with Gasteiger partial charge in [-0.15, -0.1) is 0 Å². The van der Waals surface area contributed by atoms with Crippen LogP contribution in [-0.4, -0.2) is 55.4 Å². The molecule has 184 valence electrons. The van der Waals surface area contributed by atoms with Gasteiger partial charge in [-0.2, -0.15) is 0 Å². The van der Waals surface area contributed by atoms with Crippen molar-refractivity contribution in [3.8, 4) is 11.3 Å². The summed E-state index contributed by atoms with van der Waals surface area (Å²) in [5.41, 5.74) is 2.81. The fraction of sp³-hybridized carbons (Fsp3) is 0.269. The van der Waals surface area contributed by atoms with E-state index in [2.05, 4.69) is 15.2 Å². The van der Waals surface area contributed by atoms with Crippen LogP contribution < -0.4 is 5.32 Å². The highest BCUT2D eigenvalue weighted by molar-refractivity contribution is 6.30. The van der Waals surface area contributed by atoms with Gasteiger partial charge in [-0.25, -0.2) is 23.5 Å². The molecule has 7 nitrogen and oxygen atoms in total. The van der Waals surface area contributed by atoms with Gasteiger partial charge in [0.25, 0.3) is 0 Å². The number of aromatic nitrogens is 3. The summed E-state index contributed by atoms with van der Waals surface area (Å²) in [6.45, 7) is 2.01. The number of benzene rings is 2. The molecule has 2 aliphatic rings. The van der Waals surface area contributed by atoms with E-state index in [1.54, 1.807) is 6.20 Å². The Balaban J connectivity index is 1.23. The highest BCUT2D eigenvalue weighted by atomic mass is 35.5. The number of carbonyl (C=O) groups excluding carboxylic acids is 1. The Labute approximate surface area is 211 Å². The lowest BCUT2D eigenvalue weighted by atomic mass is 10.1. The zero-order valence-corrected chi connectivity index (χ0v) is 20.0. The van der Waals surface area contributed by atoms with Gasteiger partial charge in [0.1, 0.15) is 11.6 Å². The first-order valence-corrected chi connectivity index (χ1v) is 12.2. The van der Waals surface area contributed by atoms with Crippen LogP contribution in [0.4, 0.5) is 19.3 Å². The van der Waals surface area contributed by atoms with E-state index >= 15 is 0 Å². The maximum absolute atomic E-state index is 14.1. The first-order valence-electron chi connectivity index (χ1n) is 11.8. The second kappa shape index (κ2) is 9.15. The lowest BCUT2D eigenvalue weighted by Crippen LogP contribution is -2.56. The molecule has 6 rings (SSSR count). The topological polar surface area (TPSA) is 65.8 Å². The van der Waals surface area contributed by atoms with Crippen molar-refractivity contribution >= 4 is 29.1 Å². The van der Waals surface area contributed by atoms with E-state index in [1.165, 1.54) is 6.07 Å². The molecule has 1 N–H and O–H groups in total. The summed E-state index contributed by atoms with van der Waals surface area (Å²) < 4.78 is 29.3. The van der Waals surface area contributed by atoms with Crippen molar-refractivity contribution in [1.29, 1.82) is 0 Å². The highest BCUT2D eigenvalue weighted by Crippen LogP contribution is 2.33. The smallest absolute Gasteiger partial charge is 0.316 e. The molecule has 2 amide bonds. The van der Waals surface area contributed by atoms with E-state index in [0.29, 0.717) is 30.4 Å². The van der Waals surface area contributed by atoms with E-state index < -0.39 is 11.6 Å². The number of hydrogen-bond acceptors (Lipinski definition) is 4. The first-order chi connectivity index (χ1) is 17.5. The number of hydrogen-bond donors (Lipinski definition) is 1. The number of likely N-dealkylation sites (tertiary alicyclic amines) is 1. The van der Waals surface area contributed by atoms with E-state index in [0.717, 1.165) is 41.9 Å². The van der Waals surface area contributed by atoms with E-state index in [1.807, 2.05) is 45.8 Å². The number of nitrogens with one attached hydrogen (secondary N) is 1. The van der Waals surface area contributed by atoms with E-state index in [-0.39, 0.29) is 23.8 Å². The van der Waals surface area contributed by atoms with Gasteiger partial charge < -0.3 is 10.2 Å². The number of anilines is 1. The van der Waals surface area contributed by atoms with Crippen LogP contribution in [0.5, 0.6) is 0 Å². The van der Waals surface area contributed by atoms with Crippen LogP contribution in [0.25, 0.3) is 17.0 Å². The van der Waals surface area contributed by atoms with Crippen molar-refractivity contribution < 1.29 is 13.6 Å². The first kappa shape index (κ1) is 22.9.